The highest BCUT2D eigenvalue weighted by Crippen LogP contribution is 2.19. The summed E-state index contributed by atoms with van der Waals surface area (Å²) in [6.45, 7) is 5.95. The number of likely N-dealkylation sites (N-methyl/N-ethyl adjacent to an activating group) is 2. The summed E-state index contributed by atoms with van der Waals surface area (Å²) in [5.74, 6) is 0.760. The number of anilines is 1. The van der Waals surface area contributed by atoms with Crippen LogP contribution in [0.15, 0.2) is 12.1 Å². The van der Waals surface area contributed by atoms with E-state index in [2.05, 4.69) is 34.7 Å². The van der Waals surface area contributed by atoms with E-state index in [0.29, 0.717) is 16.8 Å². The number of aromatic nitrogens is 1. The molecular formula is C13H19ClN4. The number of hydrogen-bond donors (Lipinski definition) is 0. The summed E-state index contributed by atoms with van der Waals surface area (Å²) in [5, 5.41) is 9.32. The molecule has 0 amide bonds. The van der Waals surface area contributed by atoms with E-state index >= 15 is 0 Å². The van der Waals surface area contributed by atoms with E-state index < -0.39 is 0 Å². The van der Waals surface area contributed by atoms with Crippen molar-refractivity contribution in [2.45, 2.75) is 19.9 Å². The van der Waals surface area contributed by atoms with Gasteiger partial charge in [0.05, 0.1) is 11.6 Å². The first kappa shape index (κ1) is 14.7. The van der Waals surface area contributed by atoms with Gasteiger partial charge in [0.25, 0.3) is 0 Å². The number of halogens is 1. The van der Waals surface area contributed by atoms with Gasteiger partial charge in [0.15, 0.2) is 0 Å². The molecule has 4 nitrogen and oxygen atoms in total. The highest BCUT2D eigenvalue weighted by atomic mass is 35.5. The molecule has 5 heteroatoms. The predicted molar refractivity (Wildman–Crippen MR) is 75.0 cm³/mol. The summed E-state index contributed by atoms with van der Waals surface area (Å²) in [6, 6.07) is 5.77. The van der Waals surface area contributed by atoms with Crippen molar-refractivity contribution in [3.63, 3.8) is 0 Å². The molecule has 0 aliphatic carbocycles. The molecule has 0 saturated heterocycles. The molecule has 98 valence electrons. The molecule has 1 aromatic rings. The Morgan fingerprint density at radius 3 is 2.61 bits per heavy atom. The molecule has 0 fully saturated rings. The fourth-order valence-corrected chi connectivity index (χ4v) is 2.23. The van der Waals surface area contributed by atoms with Gasteiger partial charge in [-0.2, -0.15) is 5.26 Å². The van der Waals surface area contributed by atoms with Crippen LogP contribution < -0.4 is 4.90 Å². The van der Waals surface area contributed by atoms with Gasteiger partial charge in [-0.1, -0.05) is 11.6 Å². The Morgan fingerprint density at radius 2 is 2.11 bits per heavy atom. The van der Waals surface area contributed by atoms with Gasteiger partial charge in [-0.3, -0.25) is 0 Å². The number of hydrogen-bond acceptors (Lipinski definition) is 4. The van der Waals surface area contributed by atoms with Crippen LogP contribution in [0.1, 0.15) is 19.4 Å². The maximum Gasteiger partial charge on any atom is 0.132 e. The van der Waals surface area contributed by atoms with E-state index in [1.54, 1.807) is 12.1 Å². The van der Waals surface area contributed by atoms with E-state index in [1.807, 2.05) is 14.1 Å². The fraction of sp³-hybridized carbons (Fsp3) is 0.538. The minimum Gasteiger partial charge on any atom is -0.353 e. The standard InChI is InChI=1S/C13H19ClN4/c1-5-18(10(2)9-17(3)4)13-7-11(8-15)6-12(14)16-13/h6-7,10H,5,9H2,1-4H3. The lowest BCUT2D eigenvalue weighted by Gasteiger charge is -2.31. The third-order valence-corrected chi connectivity index (χ3v) is 2.90. The monoisotopic (exact) mass is 266 g/mol. The van der Waals surface area contributed by atoms with Crippen molar-refractivity contribution in [3.05, 3.63) is 22.8 Å². The molecule has 0 aromatic carbocycles. The Hall–Kier alpha value is -1.31. The second kappa shape index (κ2) is 6.58. The Bertz CT molecular complexity index is 439. The lowest BCUT2D eigenvalue weighted by molar-refractivity contribution is 0.372. The summed E-state index contributed by atoms with van der Waals surface area (Å²) >= 11 is 5.94. The van der Waals surface area contributed by atoms with Crippen LogP contribution in [-0.4, -0.2) is 43.1 Å². The van der Waals surface area contributed by atoms with Gasteiger partial charge < -0.3 is 9.80 Å². The average molecular weight is 267 g/mol. The zero-order valence-electron chi connectivity index (χ0n) is 11.3. The van der Waals surface area contributed by atoms with Crippen LogP contribution in [0.4, 0.5) is 5.82 Å². The Balaban J connectivity index is 3.01. The molecule has 0 N–H and O–H groups in total. The predicted octanol–water partition coefficient (Wildman–Crippen LogP) is 2.38. The maximum atomic E-state index is 8.96. The van der Waals surface area contributed by atoms with Gasteiger partial charge in [-0.25, -0.2) is 4.98 Å². The molecule has 1 atom stereocenters. The zero-order valence-corrected chi connectivity index (χ0v) is 12.1. The normalized spacial score (nSPS) is 12.3. The van der Waals surface area contributed by atoms with Gasteiger partial charge in [0.1, 0.15) is 11.0 Å². The lowest BCUT2D eigenvalue weighted by Crippen LogP contribution is -2.40. The summed E-state index contributed by atoms with van der Waals surface area (Å²) in [6.07, 6.45) is 0. The lowest BCUT2D eigenvalue weighted by atomic mass is 10.2. The van der Waals surface area contributed by atoms with Gasteiger partial charge in [-0.05, 0) is 40.1 Å². The second-order valence-electron chi connectivity index (χ2n) is 4.55. The summed E-state index contributed by atoms with van der Waals surface area (Å²) < 4.78 is 0. The third-order valence-electron chi connectivity index (χ3n) is 2.71. The highest BCUT2D eigenvalue weighted by molar-refractivity contribution is 6.29. The van der Waals surface area contributed by atoms with E-state index in [0.717, 1.165) is 18.9 Å². The SMILES string of the molecule is CCN(c1cc(C#N)cc(Cl)n1)C(C)CN(C)C. The average Bonchev–Trinajstić information content (AvgIpc) is 2.28. The van der Waals surface area contributed by atoms with Crippen LogP contribution >= 0.6 is 11.6 Å². The maximum absolute atomic E-state index is 8.96. The Labute approximate surface area is 114 Å². The molecule has 1 aromatic heterocycles. The van der Waals surface area contributed by atoms with Crippen LogP contribution in [0.3, 0.4) is 0 Å². The molecular weight excluding hydrogens is 248 g/mol. The van der Waals surface area contributed by atoms with E-state index in [4.69, 9.17) is 16.9 Å². The summed E-state index contributed by atoms with van der Waals surface area (Å²) in [7, 11) is 4.08. The van der Waals surface area contributed by atoms with Gasteiger partial charge >= 0.3 is 0 Å². The molecule has 1 heterocycles. The van der Waals surface area contributed by atoms with Crippen molar-refractivity contribution in [3.8, 4) is 6.07 Å². The highest BCUT2D eigenvalue weighted by Gasteiger charge is 2.16. The molecule has 0 spiro atoms. The van der Waals surface area contributed by atoms with Crippen LogP contribution in [-0.2, 0) is 0 Å². The summed E-state index contributed by atoms with van der Waals surface area (Å²) in [5.41, 5.74) is 0.542. The largest absolute Gasteiger partial charge is 0.353 e. The zero-order chi connectivity index (χ0) is 13.7. The fourth-order valence-electron chi connectivity index (χ4n) is 2.02. The molecule has 0 radical (unpaired) electrons. The van der Waals surface area contributed by atoms with Crippen LogP contribution in [0.5, 0.6) is 0 Å². The second-order valence-corrected chi connectivity index (χ2v) is 4.93. The van der Waals surface area contributed by atoms with Crippen molar-refractivity contribution < 1.29 is 0 Å². The quantitative estimate of drug-likeness (QED) is 0.768. The molecule has 1 rings (SSSR count). The molecule has 0 aliphatic rings. The van der Waals surface area contributed by atoms with Crippen molar-refractivity contribution in [2.24, 2.45) is 0 Å². The number of rotatable bonds is 5. The smallest absolute Gasteiger partial charge is 0.132 e. The third kappa shape index (κ3) is 3.86. The Morgan fingerprint density at radius 1 is 1.44 bits per heavy atom. The van der Waals surface area contributed by atoms with Crippen LogP contribution in [0.2, 0.25) is 5.15 Å². The first-order valence-electron chi connectivity index (χ1n) is 5.97. The molecule has 0 saturated carbocycles. The molecule has 1 unspecified atom stereocenters. The minimum absolute atomic E-state index is 0.308. The molecule has 18 heavy (non-hydrogen) atoms. The molecule has 0 bridgehead atoms. The summed E-state index contributed by atoms with van der Waals surface area (Å²) in [4.78, 5) is 8.58. The number of nitriles is 1. The minimum atomic E-state index is 0.308. The topological polar surface area (TPSA) is 43.2 Å². The Kier molecular flexibility index (Phi) is 5.39. The van der Waals surface area contributed by atoms with Crippen LogP contribution in [0, 0.1) is 11.3 Å². The van der Waals surface area contributed by atoms with Gasteiger partial charge in [-0.15, -0.1) is 0 Å². The first-order valence-corrected chi connectivity index (χ1v) is 6.34. The van der Waals surface area contributed by atoms with Gasteiger partial charge in [0.2, 0.25) is 0 Å². The number of pyridine rings is 1. The van der Waals surface area contributed by atoms with E-state index in [1.165, 1.54) is 0 Å². The first-order chi connectivity index (χ1) is 8.47. The van der Waals surface area contributed by atoms with Gasteiger partial charge in [0, 0.05) is 19.1 Å². The molecule has 0 aliphatic heterocycles. The number of nitrogens with zero attached hydrogens (tertiary/aromatic N) is 4. The van der Waals surface area contributed by atoms with E-state index in [9.17, 15) is 0 Å². The van der Waals surface area contributed by atoms with Crippen LogP contribution in [0.25, 0.3) is 0 Å². The van der Waals surface area contributed by atoms with Crippen molar-refractivity contribution >= 4 is 17.4 Å². The van der Waals surface area contributed by atoms with Crippen molar-refractivity contribution in [1.82, 2.24) is 9.88 Å². The van der Waals surface area contributed by atoms with E-state index in [-0.39, 0.29) is 0 Å². The van der Waals surface area contributed by atoms with Crippen molar-refractivity contribution in [1.29, 1.82) is 5.26 Å². The van der Waals surface area contributed by atoms with Crippen molar-refractivity contribution in [2.75, 3.05) is 32.1 Å².